The number of rotatable bonds is 1. The Hall–Kier alpha value is -2.08. The number of carbonyl (C=O) groups excluding carboxylic acids is 1. The quantitative estimate of drug-likeness (QED) is 0.754. The molecular formula is C15H14N2O. The topological polar surface area (TPSA) is 44.1 Å². The molecule has 0 aromatic heterocycles. The number of hydrogen-bond donors (Lipinski definition) is 0. The zero-order chi connectivity index (χ0) is 12.6. The third-order valence-corrected chi connectivity index (χ3v) is 3.90. The first kappa shape index (κ1) is 11.0. The van der Waals surface area contributed by atoms with Gasteiger partial charge in [-0.3, -0.25) is 4.79 Å². The number of anilines is 1. The van der Waals surface area contributed by atoms with E-state index >= 15 is 0 Å². The maximum atomic E-state index is 11.5. The van der Waals surface area contributed by atoms with Crippen molar-refractivity contribution in [3.63, 3.8) is 0 Å². The Morgan fingerprint density at radius 1 is 1.28 bits per heavy atom. The van der Waals surface area contributed by atoms with E-state index in [1.54, 1.807) is 6.08 Å². The first-order valence-corrected chi connectivity index (χ1v) is 6.23. The molecule has 3 nitrogen and oxygen atoms in total. The fourth-order valence-corrected chi connectivity index (χ4v) is 3.03. The number of nitriles is 1. The van der Waals surface area contributed by atoms with E-state index in [0.717, 1.165) is 25.1 Å². The van der Waals surface area contributed by atoms with Crippen LogP contribution in [0.15, 0.2) is 36.4 Å². The van der Waals surface area contributed by atoms with E-state index in [1.165, 1.54) is 0 Å². The van der Waals surface area contributed by atoms with E-state index in [4.69, 9.17) is 5.26 Å². The summed E-state index contributed by atoms with van der Waals surface area (Å²) in [5, 5.41) is 8.81. The van der Waals surface area contributed by atoms with Gasteiger partial charge in [0.25, 0.3) is 0 Å². The Morgan fingerprint density at radius 2 is 2.06 bits per heavy atom. The molecule has 1 fully saturated rings. The van der Waals surface area contributed by atoms with Gasteiger partial charge in [0, 0.05) is 18.7 Å². The molecule has 1 spiro atoms. The van der Waals surface area contributed by atoms with Crippen LogP contribution in [0.4, 0.5) is 5.69 Å². The molecule has 0 saturated carbocycles. The van der Waals surface area contributed by atoms with Crippen LogP contribution >= 0.6 is 0 Å². The highest BCUT2D eigenvalue weighted by Gasteiger charge is 2.42. The van der Waals surface area contributed by atoms with Crippen LogP contribution in [0.2, 0.25) is 0 Å². The van der Waals surface area contributed by atoms with E-state index in [0.29, 0.717) is 12.0 Å². The van der Waals surface area contributed by atoms with Crippen molar-refractivity contribution in [1.82, 2.24) is 0 Å². The van der Waals surface area contributed by atoms with Gasteiger partial charge in [-0.25, -0.2) is 0 Å². The molecule has 0 N–H and O–H groups in total. The minimum atomic E-state index is -0.106. The van der Waals surface area contributed by atoms with Gasteiger partial charge in [0.2, 0.25) is 0 Å². The van der Waals surface area contributed by atoms with Gasteiger partial charge in [-0.2, -0.15) is 5.26 Å². The predicted molar refractivity (Wildman–Crippen MR) is 69.2 cm³/mol. The number of benzene rings is 1. The van der Waals surface area contributed by atoms with Crippen molar-refractivity contribution in [2.24, 2.45) is 0 Å². The summed E-state index contributed by atoms with van der Waals surface area (Å²) in [7, 11) is 0. The van der Waals surface area contributed by atoms with Crippen LogP contribution in [0.25, 0.3) is 0 Å². The summed E-state index contributed by atoms with van der Waals surface area (Å²) in [5.41, 5.74) is 1.67. The van der Waals surface area contributed by atoms with Gasteiger partial charge in [0.1, 0.15) is 0 Å². The average Bonchev–Trinajstić information content (AvgIpc) is 2.97. The van der Waals surface area contributed by atoms with Crippen LogP contribution < -0.4 is 4.90 Å². The Morgan fingerprint density at radius 3 is 2.67 bits per heavy atom. The van der Waals surface area contributed by atoms with E-state index in [1.807, 2.05) is 24.3 Å². The lowest BCUT2D eigenvalue weighted by Gasteiger charge is -2.35. The van der Waals surface area contributed by atoms with Crippen molar-refractivity contribution in [3.05, 3.63) is 42.0 Å². The molecule has 1 aromatic carbocycles. The molecule has 1 aliphatic heterocycles. The largest absolute Gasteiger partial charge is 0.362 e. The molecule has 3 rings (SSSR count). The monoisotopic (exact) mass is 238 g/mol. The standard InChI is InChI=1S/C15H14N2O/c16-11-12-2-4-13(5-3-12)17-9-1-7-15(17)8-6-14(18)10-15/h2-6,8H,1,7,9-10H2. The Labute approximate surface area is 106 Å². The van der Waals surface area contributed by atoms with Gasteiger partial charge < -0.3 is 4.90 Å². The van der Waals surface area contributed by atoms with Crippen molar-refractivity contribution < 1.29 is 4.79 Å². The zero-order valence-electron chi connectivity index (χ0n) is 10.1. The molecule has 1 aliphatic carbocycles. The van der Waals surface area contributed by atoms with Gasteiger partial charge >= 0.3 is 0 Å². The second kappa shape index (κ2) is 3.99. The van der Waals surface area contributed by atoms with Crippen LogP contribution in [0.1, 0.15) is 24.8 Å². The SMILES string of the molecule is N#Cc1ccc(N2CCCC23C=CC(=O)C3)cc1. The summed E-state index contributed by atoms with van der Waals surface area (Å²) >= 11 is 0. The molecule has 90 valence electrons. The van der Waals surface area contributed by atoms with Gasteiger partial charge in [-0.05, 0) is 43.2 Å². The molecule has 2 aliphatic rings. The second-order valence-electron chi connectivity index (χ2n) is 4.99. The Bertz CT molecular complexity index is 553. The number of hydrogen-bond acceptors (Lipinski definition) is 3. The van der Waals surface area contributed by atoms with E-state index < -0.39 is 0 Å². The van der Waals surface area contributed by atoms with E-state index in [9.17, 15) is 4.79 Å². The lowest BCUT2D eigenvalue weighted by atomic mass is 9.95. The molecule has 1 aromatic rings. The highest BCUT2D eigenvalue weighted by atomic mass is 16.1. The summed E-state index contributed by atoms with van der Waals surface area (Å²) in [6, 6.07) is 9.75. The fourth-order valence-electron chi connectivity index (χ4n) is 3.03. The highest BCUT2D eigenvalue weighted by molar-refractivity contribution is 5.95. The minimum absolute atomic E-state index is 0.106. The van der Waals surface area contributed by atoms with Crippen LogP contribution in [-0.4, -0.2) is 17.9 Å². The smallest absolute Gasteiger partial charge is 0.158 e. The average molecular weight is 238 g/mol. The molecule has 0 amide bonds. The third kappa shape index (κ3) is 1.62. The molecule has 1 unspecified atom stereocenters. The van der Waals surface area contributed by atoms with Crippen LogP contribution in [0.5, 0.6) is 0 Å². The fraction of sp³-hybridized carbons (Fsp3) is 0.333. The molecular weight excluding hydrogens is 224 g/mol. The summed E-state index contributed by atoms with van der Waals surface area (Å²) < 4.78 is 0. The molecule has 1 saturated heterocycles. The second-order valence-corrected chi connectivity index (χ2v) is 4.99. The lowest BCUT2D eigenvalue weighted by molar-refractivity contribution is -0.114. The van der Waals surface area contributed by atoms with Crippen LogP contribution in [-0.2, 0) is 4.79 Å². The van der Waals surface area contributed by atoms with Crippen molar-refractivity contribution in [2.45, 2.75) is 24.8 Å². The molecule has 1 atom stereocenters. The number of nitrogens with zero attached hydrogens (tertiary/aromatic N) is 2. The molecule has 3 heteroatoms. The van der Waals surface area contributed by atoms with Crippen molar-refractivity contribution >= 4 is 11.5 Å². The summed E-state index contributed by atoms with van der Waals surface area (Å²) in [6.45, 7) is 0.976. The maximum Gasteiger partial charge on any atom is 0.158 e. The maximum absolute atomic E-state index is 11.5. The Balaban J connectivity index is 1.93. The van der Waals surface area contributed by atoms with Crippen molar-refractivity contribution in [1.29, 1.82) is 5.26 Å². The summed E-state index contributed by atoms with van der Waals surface area (Å²) in [5.74, 6) is 0.218. The minimum Gasteiger partial charge on any atom is -0.362 e. The summed E-state index contributed by atoms with van der Waals surface area (Å²) in [6.07, 6.45) is 6.50. The van der Waals surface area contributed by atoms with Gasteiger partial charge in [-0.15, -0.1) is 0 Å². The molecule has 0 bridgehead atoms. The van der Waals surface area contributed by atoms with Crippen molar-refractivity contribution in [3.8, 4) is 6.07 Å². The van der Waals surface area contributed by atoms with Crippen molar-refractivity contribution in [2.75, 3.05) is 11.4 Å². The molecule has 18 heavy (non-hydrogen) atoms. The van der Waals surface area contributed by atoms with Crippen LogP contribution in [0.3, 0.4) is 0 Å². The zero-order valence-corrected chi connectivity index (χ0v) is 10.1. The summed E-state index contributed by atoms with van der Waals surface area (Å²) in [4.78, 5) is 13.8. The first-order valence-electron chi connectivity index (χ1n) is 6.23. The molecule has 0 radical (unpaired) electrons. The first-order chi connectivity index (χ1) is 8.73. The van der Waals surface area contributed by atoms with Gasteiger partial charge in [-0.1, -0.05) is 6.08 Å². The van der Waals surface area contributed by atoms with Gasteiger partial charge in [0.05, 0.1) is 17.2 Å². The predicted octanol–water partition coefficient (Wildman–Crippen LogP) is 2.43. The third-order valence-electron chi connectivity index (χ3n) is 3.90. The Kier molecular flexibility index (Phi) is 2.45. The van der Waals surface area contributed by atoms with E-state index in [2.05, 4.69) is 17.0 Å². The molecule has 1 heterocycles. The normalized spacial score (nSPS) is 25.9. The van der Waals surface area contributed by atoms with Crippen LogP contribution in [0, 0.1) is 11.3 Å². The van der Waals surface area contributed by atoms with E-state index in [-0.39, 0.29) is 11.3 Å². The highest BCUT2D eigenvalue weighted by Crippen LogP contribution is 2.40. The van der Waals surface area contributed by atoms with Gasteiger partial charge in [0.15, 0.2) is 5.78 Å². The number of carbonyl (C=O) groups is 1. The lowest BCUT2D eigenvalue weighted by Crippen LogP contribution is -2.41. The number of ketones is 1. The number of allylic oxidation sites excluding steroid dienone is 1.